The van der Waals surface area contributed by atoms with Gasteiger partial charge in [0.05, 0.1) is 24.6 Å². The summed E-state index contributed by atoms with van der Waals surface area (Å²) < 4.78 is 16.2. The molecule has 1 aliphatic carbocycles. The van der Waals surface area contributed by atoms with Gasteiger partial charge in [-0.15, -0.1) is 0 Å². The van der Waals surface area contributed by atoms with Gasteiger partial charge in [0.25, 0.3) is 0 Å². The third-order valence-electron chi connectivity index (χ3n) is 7.13. The van der Waals surface area contributed by atoms with Crippen LogP contribution in [0.25, 0.3) is 5.57 Å². The molecule has 1 aromatic carbocycles. The Kier molecular flexibility index (Phi) is 9.03. The van der Waals surface area contributed by atoms with Crippen LogP contribution in [0, 0.1) is 5.92 Å². The van der Waals surface area contributed by atoms with Crippen molar-refractivity contribution in [3.8, 4) is 5.88 Å². The summed E-state index contributed by atoms with van der Waals surface area (Å²) in [5.74, 6) is 0.630. The zero-order valence-electron chi connectivity index (χ0n) is 22.6. The summed E-state index contributed by atoms with van der Waals surface area (Å²) in [4.78, 5) is 34.0. The Balaban J connectivity index is 1.16. The molecule has 1 fully saturated rings. The molecular formula is C31H34N4O5. The molecule has 0 saturated carbocycles. The molecule has 9 nitrogen and oxygen atoms in total. The van der Waals surface area contributed by atoms with Gasteiger partial charge < -0.3 is 24.8 Å². The van der Waals surface area contributed by atoms with Crippen molar-refractivity contribution in [2.45, 2.75) is 44.8 Å². The maximum atomic E-state index is 13.0. The van der Waals surface area contributed by atoms with Gasteiger partial charge in [-0.2, -0.15) is 0 Å². The Hall–Kier alpha value is -4.24. The lowest BCUT2D eigenvalue weighted by atomic mass is 9.86. The van der Waals surface area contributed by atoms with E-state index in [2.05, 4.69) is 21.7 Å². The number of nitrogens with zero attached hydrogens (tertiary/aromatic N) is 2. The van der Waals surface area contributed by atoms with Crippen molar-refractivity contribution in [3.63, 3.8) is 0 Å². The number of hydrogen-bond donors (Lipinski definition) is 2. The van der Waals surface area contributed by atoms with Crippen LogP contribution in [-0.2, 0) is 20.9 Å². The third kappa shape index (κ3) is 7.24. The standard InChI is InChI=1S/C31H34N4O5/c1-38-31(37)27-15-14-26(30(35-27)32-19-24-16-17-39-24)33-28(36)18-21-10-12-23(13-11-21)25-8-5-9-29(34-25)40-20-22-6-3-2-4-7-22/h2-9,12,14-15,21,24H,10-11,13,16-20H2,1H3,(H,32,35)(H,33,36)/t21?,24-/m0/s1. The first-order valence-electron chi connectivity index (χ1n) is 13.6. The number of esters is 1. The second-order valence-corrected chi connectivity index (χ2v) is 10.0. The van der Waals surface area contributed by atoms with Gasteiger partial charge in [-0.3, -0.25) is 4.79 Å². The topological polar surface area (TPSA) is 112 Å². The van der Waals surface area contributed by atoms with E-state index in [9.17, 15) is 9.59 Å². The van der Waals surface area contributed by atoms with E-state index in [0.29, 0.717) is 37.0 Å². The van der Waals surface area contributed by atoms with Gasteiger partial charge in [0.2, 0.25) is 11.8 Å². The maximum absolute atomic E-state index is 13.0. The lowest BCUT2D eigenvalue weighted by Crippen LogP contribution is -2.34. The molecule has 1 amide bonds. The molecule has 0 radical (unpaired) electrons. The molecule has 3 heterocycles. The molecular weight excluding hydrogens is 508 g/mol. The van der Waals surface area contributed by atoms with Crippen LogP contribution in [0.1, 0.15) is 53.8 Å². The monoisotopic (exact) mass is 542 g/mol. The van der Waals surface area contributed by atoms with Crippen LogP contribution in [0.5, 0.6) is 5.88 Å². The number of carbonyl (C=O) groups excluding carboxylic acids is 2. The van der Waals surface area contributed by atoms with Gasteiger partial charge in [0.15, 0.2) is 11.5 Å². The average Bonchev–Trinajstić information content (AvgIpc) is 2.96. The predicted molar refractivity (Wildman–Crippen MR) is 152 cm³/mol. The minimum atomic E-state index is -0.534. The number of amides is 1. The van der Waals surface area contributed by atoms with Crippen LogP contribution in [0.15, 0.2) is 66.7 Å². The number of allylic oxidation sites excluding steroid dienone is 2. The van der Waals surface area contributed by atoms with Crippen molar-refractivity contribution in [1.29, 1.82) is 0 Å². The molecule has 1 aliphatic heterocycles. The number of anilines is 2. The first-order valence-corrected chi connectivity index (χ1v) is 13.6. The van der Waals surface area contributed by atoms with Gasteiger partial charge in [-0.1, -0.05) is 42.5 Å². The largest absolute Gasteiger partial charge is 0.473 e. The molecule has 0 spiro atoms. The average molecular weight is 543 g/mol. The van der Waals surface area contributed by atoms with Gasteiger partial charge in [-0.05, 0) is 60.9 Å². The van der Waals surface area contributed by atoms with Crippen LogP contribution in [0.2, 0.25) is 0 Å². The molecule has 40 heavy (non-hydrogen) atoms. The molecule has 1 saturated heterocycles. The summed E-state index contributed by atoms with van der Waals surface area (Å²) in [6.45, 7) is 1.76. The predicted octanol–water partition coefficient (Wildman–Crippen LogP) is 5.26. The summed E-state index contributed by atoms with van der Waals surface area (Å²) in [6.07, 6.45) is 6.16. The Labute approximate surface area is 234 Å². The van der Waals surface area contributed by atoms with E-state index in [4.69, 9.17) is 19.2 Å². The molecule has 1 unspecified atom stereocenters. The Morgan fingerprint density at radius 2 is 1.88 bits per heavy atom. The summed E-state index contributed by atoms with van der Waals surface area (Å²) in [6, 6.07) is 19.1. The van der Waals surface area contributed by atoms with E-state index in [1.54, 1.807) is 12.1 Å². The smallest absolute Gasteiger partial charge is 0.356 e. The van der Waals surface area contributed by atoms with E-state index in [1.807, 2.05) is 48.5 Å². The van der Waals surface area contributed by atoms with Crippen LogP contribution in [-0.4, -0.2) is 48.2 Å². The highest BCUT2D eigenvalue weighted by Crippen LogP contribution is 2.32. The lowest BCUT2D eigenvalue weighted by Gasteiger charge is -2.27. The number of nitrogens with one attached hydrogen (secondary N) is 2. The third-order valence-corrected chi connectivity index (χ3v) is 7.13. The minimum Gasteiger partial charge on any atom is -0.473 e. The number of rotatable bonds is 11. The van der Waals surface area contributed by atoms with E-state index in [1.165, 1.54) is 12.7 Å². The zero-order valence-corrected chi connectivity index (χ0v) is 22.6. The van der Waals surface area contributed by atoms with Crippen LogP contribution >= 0.6 is 0 Å². The molecule has 208 valence electrons. The van der Waals surface area contributed by atoms with Crippen molar-refractivity contribution < 1.29 is 23.8 Å². The van der Waals surface area contributed by atoms with Gasteiger partial charge >= 0.3 is 5.97 Å². The molecule has 9 heteroatoms. The molecule has 2 N–H and O–H groups in total. The maximum Gasteiger partial charge on any atom is 0.356 e. The molecule has 5 rings (SSSR count). The van der Waals surface area contributed by atoms with Gasteiger partial charge in [0, 0.05) is 25.6 Å². The number of hydrogen-bond acceptors (Lipinski definition) is 8. The first kappa shape index (κ1) is 27.3. The quantitative estimate of drug-likeness (QED) is 0.316. The Morgan fingerprint density at radius 1 is 1.02 bits per heavy atom. The van der Waals surface area contributed by atoms with Gasteiger partial charge in [0.1, 0.15) is 6.61 Å². The number of methoxy groups -OCH3 is 1. The summed E-state index contributed by atoms with van der Waals surface area (Å²) in [5, 5.41) is 6.18. The molecule has 2 aromatic heterocycles. The zero-order chi connectivity index (χ0) is 27.7. The van der Waals surface area contributed by atoms with Crippen molar-refractivity contribution in [2.75, 3.05) is 30.9 Å². The molecule has 2 atom stereocenters. The lowest BCUT2D eigenvalue weighted by molar-refractivity contribution is -0.117. The van der Waals surface area contributed by atoms with Crippen LogP contribution < -0.4 is 15.4 Å². The van der Waals surface area contributed by atoms with Crippen molar-refractivity contribution >= 4 is 29.0 Å². The fourth-order valence-corrected chi connectivity index (χ4v) is 4.74. The number of ether oxygens (including phenoxy) is 3. The fourth-order valence-electron chi connectivity index (χ4n) is 4.74. The summed E-state index contributed by atoms with van der Waals surface area (Å²) in [5.41, 5.74) is 3.88. The normalized spacial score (nSPS) is 18.2. The second-order valence-electron chi connectivity index (χ2n) is 10.0. The number of aromatic nitrogens is 2. The van der Waals surface area contributed by atoms with Crippen molar-refractivity contribution in [2.24, 2.45) is 5.92 Å². The van der Waals surface area contributed by atoms with Crippen molar-refractivity contribution in [1.82, 2.24) is 9.97 Å². The van der Waals surface area contributed by atoms with E-state index in [-0.39, 0.29) is 23.6 Å². The van der Waals surface area contributed by atoms with Crippen LogP contribution in [0.4, 0.5) is 11.5 Å². The Morgan fingerprint density at radius 3 is 2.60 bits per heavy atom. The number of pyridine rings is 2. The second kappa shape index (κ2) is 13.2. The van der Waals surface area contributed by atoms with E-state index >= 15 is 0 Å². The fraction of sp³-hybridized carbons (Fsp3) is 0.355. The van der Waals surface area contributed by atoms with Crippen LogP contribution in [0.3, 0.4) is 0 Å². The number of benzene rings is 1. The molecule has 2 aliphatic rings. The first-order chi connectivity index (χ1) is 19.6. The Bertz CT molecular complexity index is 1360. The highest BCUT2D eigenvalue weighted by Gasteiger charge is 2.22. The highest BCUT2D eigenvalue weighted by molar-refractivity contribution is 5.95. The SMILES string of the molecule is COC(=O)c1ccc(NC(=O)CC2CC=C(c3cccc(OCc4ccccc4)n3)CC2)c(NC[C@@H]2CCO2)n1. The number of carbonyl (C=O) groups is 2. The summed E-state index contributed by atoms with van der Waals surface area (Å²) in [7, 11) is 1.31. The molecule has 3 aromatic rings. The molecule has 0 bridgehead atoms. The van der Waals surface area contributed by atoms with E-state index in [0.717, 1.165) is 43.5 Å². The van der Waals surface area contributed by atoms with E-state index < -0.39 is 5.97 Å². The highest BCUT2D eigenvalue weighted by atomic mass is 16.5. The van der Waals surface area contributed by atoms with Crippen molar-refractivity contribution in [3.05, 3.63) is 83.7 Å². The van der Waals surface area contributed by atoms with Gasteiger partial charge in [-0.25, -0.2) is 14.8 Å². The minimum absolute atomic E-state index is 0.0909. The summed E-state index contributed by atoms with van der Waals surface area (Å²) >= 11 is 0.